The van der Waals surface area contributed by atoms with E-state index >= 15 is 0 Å². The second-order valence-corrected chi connectivity index (χ2v) is 10.3. The summed E-state index contributed by atoms with van der Waals surface area (Å²) in [5, 5.41) is 2.66. The number of nitrogens with zero attached hydrogens (tertiary/aromatic N) is 2. The lowest BCUT2D eigenvalue weighted by Gasteiger charge is -2.29. The summed E-state index contributed by atoms with van der Waals surface area (Å²) >= 11 is 0.949. The van der Waals surface area contributed by atoms with Gasteiger partial charge >= 0.3 is 0 Å². The summed E-state index contributed by atoms with van der Waals surface area (Å²) in [6.45, 7) is 3.08. The zero-order chi connectivity index (χ0) is 21.5. The van der Waals surface area contributed by atoms with Crippen molar-refractivity contribution in [3.63, 3.8) is 0 Å². The van der Waals surface area contributed by atoms with Crippen molar-refractivity contribution in [2.24, 2.45) is 5.92 Å². The van der Waals surface area contributed by atoms with Crippen molar-refractivity contribution < 1.29 is 22.0 Å². The van der Waals surface area contributed by atoms with Crippen molar-refractivity contribution in [3.05, 3.63) is 53.6 Å². The van der Waals surface area contributed by atoms with Crippen LogP contribution in [0.1, 0.15) is 30.1 Å². The van der Waals surface area contributed by atoms with Crippen molar-refractivity contribution in [3.8, 4) is 0 Å². The molecule has 30 heavy (non-hydrogen) atoms. The lowest BCUT2D eigenvalue weighted by Crippen LogP contribution is -2.37. The summed E-state index contributed by atoms with van der Waals surface area (Å²) < 4.78 is 54.4. The second kappa shape index (κ2) is 8.01. The molecule has 0 spiro atoms. The van der Waals surface area contributed by atoms with Crippen LogP contribution in [0.3, 0.4) is 0 Å². The number of anilines is 1. The van der Waals surface area contributed by atoms with Crippen LogP contribution in [0.15, 0.2) is 41.3 Å². The number of hydrogen-bond donors (Lipinski definition) is 1. The summed E-state index contributed by atoms with van der Waals surface area (Å²) in [5.41, 5.74) is 0.209. The van der Waals surface area contributed by atoms with E-state index in [2.05, 4.69) is 17.2 Å². The molecule has 1 aromatic heterocycles. The van der Waals surface area contributed by atoms with E-state index in [1.807, 2.05) is 0 Å². The Labute approximate surface area is 176 Å². The first-order valence-electron chi connectivity index (χ1n) is 9.41. The van der Waals surface area contributed by atoms with Crippen LogP contribution in [0, 0.1) is 17.6 Å². The highest BCUT2D eigenvalue weighted by Gasteiger charge is 2.28. The molecule has 2 heterocycles. The van der Waals surface area contributed by atoms with Gasteiger partial charge in [-0.3, -0.25) is 10.1 Å². The maximum atomic E-state index is 13.8. The standard InChI is InChI=1S/C20H19F2N3O3S2/c1-12-6-8-25(9-7-12)30(27,28)15-4-2-13(3-5-15)19(26)24-20-23-18-16(22)10-14(21)11-17(18)29-20/h2-5,10-12H,6-9H2,1H3,(H,23,24,26). The Bertz CT molecular complexity index is 1200. The van der Waals surface area contributed by atoms with Crippen LogP contribution in [0.25, 0.3) is 10.2 Å². The molecule has 0 atom stereocenters. The van der Waals surface area contributed by atoms with E-state index in [9.17, 15) is 22.0 Å². The molecule has 4 rings (SSSR count). The molecule has 2 aromatic carbocycles. The smallest absolute Gasteiger partial charge is 0.257 e. The fourth-order valence-electron chi connectivity index (χ4n) is 3.33. The Morgan fingerprint density at radius 3 is 2.50 bits per heavy atom. The van der Waals surface area contributed by atoms with Gasteiger partial charge in [0.05, 0.1) is 9.60 Å². The average molecular weight is 452 g/mol. The Hall–Kier alpha value is -2.43. The number of nitrogens with one attached hydrogen (secondary N) is 1. The molecule has 1 N–H and O–H groups in total. The first-order chi connectivity index (χ1) is 14.2. The predicted octanol–water partition coefficient (Wildman–Crippen LogP) is 4.25. The number of piperidine rings is 1. The molecule has 10 heteroatoms. The number of halogens is 2. The van der Waals surface area contributed by atoms with Gasteiger partial charge in [0.1, 0.15) is 11.3 Å². The SMILES string of the molecule is CC1CCN(S(=O)(=O)c2ccc(C(=O)Nc3nc4c(F)cc(F)cc4s3)cc2)CC1. The van der Waals surface area contributed by atoms with Crippen LogP contribution in [0.4, 0.5) is 13.9 Å². The Balaban J connectivity index is 1.50. The summed E-state index contributed by atoms with van der Waals surface area (Å²) in [5.74, 6) is -1.54. The van der Waals surface area contributed by atoms with Crippen LogP contribution < -0.4 is 5.32 Å². The normalized spacial score (nSPS) is 16.1. The highest BCUT2D eigenvalue weighted by Crippen LogP contribution is 2.29. The Morgan fingerprint density at radius 1 is 1.17 bits per heavy atom. The van der Waals surface area contributed by atoms with Gasteiger partial charge in [-0.25, -0.2) is 22.2 Å². The number of sulfonamides is 1. The summed E-state index contributed by atoms with van der Waals surface area (Å²) in [6.07, 6.45) is 1.65. The maximum absolute atomic E-state index is 13.8. The highest BCUT2D eigenvalue weighted by atomic mass is 32.2. The number of amides is 1. The molecular formula is C20H19F2N3O3S2. The Morgan fingerprint density at radius 2 is 1.83 bits per heavy atom. The fourth-order valence-corrected chi connectivity index (χ4v) is 5.70. The number of thiazole rings is 1. The summed E-state index contributed by atoms with van der Waals surface area (Å²) in [4.78, 5) is 16.6. The number of benzene rings is 2. The number of carbonyl (C=O) groups excluding carboxylic acids is 1. The van der Waals surface area contributed by atoms with Crippen LogP contribution in [0.2, 0.25) is 0 Å². The first kappa shape index (κ1) is 20.8. The minimum Gasteiger partial charge on any atom is -0.298 e. The van der Waals surface area contributed by atoms with Gasteiger partial charge in [-0.1, -0.05) is 18.3 Å². The number of carbonyl (C=O) groups is 1. The van der Waals surface area contributed by atoms with E-state index < -0.39 is 27.6 Å². The summed E-state index contributed by atoms with van der Waals surface area (Å²) in [7, 11) is -3.60. The molecule has 1 saturated heterocycles. The Kier molecular flexibility index (Phi) is 5.56. The minimum absolute atomic E-state index is 0.0195. The largest absolute Gasteiger partial charge is 0.298 e. The van der Waals surface area contributed by atoms with E-state index in [1.54, 1.807) is 0 Å². The van der Waals surface area contributed by atoms with Crippen molar-refractivity contribution in [2.75, 3.05) is 18.4 Å². The van der Waals surface area contributed by atoms with Gasteiger partial charge in [-0.05, 0) is 49.1 Å². The van der Waals surface area contributed by atoms with Crippen LogP contribution in [-0.2, 0) is 10.0 Å². The predicted molar refractivity (Wildman–Crippen MR) is 111 cm³/mol. The lowest BCUT2D eigenvalue weighted by atomic mass is 10.0. The molecule has 0 unspecified atom stereocenters. The zero-order valence-electron chi connectivity index (χ0n) is 16.1. The third-order valence-corrected chi connectivity index (χ3v) is 7.96. The quantitative estimate of drug-likeness (QED) is 0.643. The van der Waals surface area contributed by atoms with Crippen molar-refractivity contribution >= 4 is 42.6 Å². The molecule has 0 bridgehead atoms. The van der Waals surface area contributed by atoms with E-state index in [0.717, 1.165) is 36.3 Å². The molecule has 0 saturated carbocycles. The molecule has 1 amide bonds. The lowest BCUT2D eigenvalue weighted by molar-refractivity contribution is 0.102. The second-order valence-electron chi connectivity index (χ2n) is 7.32. The third kappa shape index (κ3) is 4.07. The van der Waals surface area contributed by atoms with Gasteiger partial charge in [0.15, 0.2) is 10.9 Å². The van der Waals surface area contributed by atoms with Crippen LogP contribution >= 0.6 is 11.3 Å². The molecule has 3 aromatic rings. The molecular weight excluding hydrogens is 432 g/mol. The first-order valence-corrected chi connectivity index (χ1v) is 11.7. The van der Waals surface area contributed by atoms with Gasteiger partial charge in [-0.2, -0.15) is 4.31 Å². The van der Waals surface area contributed by atoms with E-state index in [1.165, 1.54) is 28.6 Å². The van der Waals surface area contributed by atoms with Crippen LogP contribution in [0.5, 0.6) is 0 Å². The summed E-state index contributed by atoms with van der Waals surface area (Å²) in [6, 6.07) is 7.51. The van der Waals surface area contributed by atoms with E-state index in [0.29, 0.717) is 19.0 Å². The van der Waals surface area contributed by atoms with Crippen LogP contribution in [-0.4, -0.2) is 36.7 Å². The van der Waals surface area contributed by atoms with Gasteiger partial charge in [0.25, 0.3) is 5.91 Å². The van der Waals surface area contributed by atoms with E-state index in [-0.39, 0.29) is 25.8 Å². The molecule has 1 fully saturated rings. The molecule has 0 radical (unpaired) electrons. The fraction of sp³-hybridized carbons (Fsp3) is 0.300. The topological polar surface area (TPSA) is 79.4 Å². The van der Waals surface area contributed by atoms with Gasteiger partial charge in [-0.15, -0.1) is 0 Å². The number of aromatic nitrogens is 1. The molecule has 0 aliphatic carbocycles. The number of rotatable bonds is 4. The third-order valence-electron chi connectivity index (χ3n) is 5.13. The van der Waals surface area contributed by atoms with E-state index in [4.69, 9.17) is 0 Å². The number of fused-ring (bicyclic) bond motifs is 1. The van der Waals surface area contributed by atoms with Gasteiger partial charge < -0.3 is 0 Å². The molecule has 6 nitrogen and oxygen atoms in total. The average Bonchev–Trinajstić information content (AvgIpc) is 3.11. The molecule has 158 valence electrons. The monoisotopic (exact) mass is 451 g/mol. The van der Waals surface area contributed by atoms with Crippen molar-refractivity contribution in [2.45, 2.75) is 24.7 Å². The molecule has 1 aliphatic heterocycles. The van der Waals surface area contributed by atoms with Crippen molar-refractivity contribution in [1.82, 2.24) is 9.29 Å². The van der Waals surface area contributed by atoms with Crippen molar-refractivity contribution in [1.29, 1.82) is 0 Å². The molecule has 1 aliphatic rings. The maximum Gasteiger partial charge on any atom is 0.257 e. The zero-order valence-corrected chi connectivity index (χ0v) is 17.7. The van der Waals surface area contributed by atoms with Gasteiger partial charge in [0.2, 0.25) is 10.0 Å². The number of hydrogen-bond acceptors (Lipinski definition) is 5. The minimum atomic E-state index is -3.60. The van der Waals surface area contributed by atoms with Gasteiger partial charge in [0, 0.05) is 24.7 Å². The highest BCUT2D eigenvalue weighted by molar-refractivity contribution is 7.89.